The lowest BCUT2D eigenvalue weighted by molar-refractivity contribution is 0.269. The van der Waals surface area contributed by atoms with Crippen molar-refractivity contribution >= 4 is 33.3 Å². The van der Waals surface area contributed by atoms with Crippen LogP contribution in [0, 0.1) is 19.8 Å². The second-order valence-corrected chi connectivity index (χ2v) is 12.3. The number of hydrogen-bond acceptors (Lipinski definition) is 7. The molecule has 1 aromatic carbocycles. The number of aromatic amines is 1. The molecule has 3 aromatic rings. The van der Waals surface area contributed by atoms with Crippen LogP contribution >= 0.6 is 0 Å². The third-order valence-electron chi connectivity index (χ3n) is 6.42. The molecule has 3 heterocycles. The summed E-state index contributed by atoms with van der Waals surface area (Å²) in [5.41, 5.74) is 2.76. The summed E-state index contributed by atoms with van der Waals surface area (Å²) in [7, 11) is -1.27. The van der Waals surface area contributed by atoms with Gasteiger partial charge in [0.25, 0.3) is 0 Å². The lowest BCUT2D eigenvalue weighted by Gasteiger charge is -2.23. The van der Waals surface area contributed by atoms with Gasteiger partial charge in [-0.2, -0.15) is 5.10 Å². The molecule has 9 heteroatoms. The zero-order valence-electron chi connectivity index (χ0n) is 20.8. The third kappa shape index (κ3) is 5.58. The zero-order valence-corrected chi connectivity index (χ0v) is 21.6. The maximum atomic E-state index is 13.5. The molecule has 3 N–H and O–H groups in total. The molecule has 1 aliphatic rings. The number of ether oxygens (including phenoxy) is 1. The lowest BCUT2D eigenvalue weighted by atomic mass is 9.93. The number of piperidine rings is 1. The summed E-state index contributed by atoms with van der Waals surface area (Å²) in [4.78, 5) is 9.60. The number of rotatable bonds is 8. The molecule has 34 heavy (non-hydrogen) atoms. The van der Waals surface area contributed by atoms with Crippen LogP contribution in [0.25, 0.3) is 10.9 Å². The van der Waals surface area contributed by atoms with Crippen molar-refractivity contribution < 1.29 is 8.95 Å². The SMILES string of the molecule is Cc1[nH]nc(Nc2ncnc3cc(OCCCC4CCNCC4)c(S(=O)C(C)(C)C)cc23)c1C. The fraction of sp³-hybridized carbons (Fsp3) is 0.560. The fourth-order valence-corrected chi connectivity index (χ4v) is 5.38. The van der Waals surface area contributed by atoms with Gasteiger partial charge in [-0.15, -0.1) is 0 Å². The summed E-state index contributed by atoms with van der Waals surface area (Å²) in [6, 6.07) is 3.81. The summed E-state index contributed by atoms with van der Waals surface area (Å²) in [5.74, 6) is 2.75. The molecule has 1 fully saturated rings. The van der Waals surface area contributed by atoms with E-state index in [0.717, 1.165) is 54.0 Å². The maximum absolute atomic E-state index is 13.5. The maximum Gasteiger partial charge on any atom is 0.156 e. The molecule has 2 aromatic heterocycles. The summed E-state index contributed by atoms with van der Waals surface area (Å²) in [6.45, 7) is 12.7. The Morgan fingerprint density at radius 1 is 1.15 bits per heavy atom. The van der Waals surface area contributed by atoms with Crippen LogP contribution in [-0.4, -0.2) is 48.8 Å². The molecule has 1 unspecified atom stereocenters. The van der Waals surface area contributed by atoms with Crippen molar-refractivity contribution in [3.05, 3.63) is 29.7 Å². The van der Waals surface area contributed by atoms with Gasteiger partial charge in [-0.25, -0.2) is 9.97 Å². The van der Waals surface area contributed by atoms with Crippen LogP contribution in [-0.2, 0) is 10.8 Å². The van der Waals surface area contributed by atoms with E-state index < -0.39 is 15.5 Å². The van der Waals surface area contributed by atoms with E-state index in [0.29, 0.717) is 28.9 Å². The highest BCUT2D eigenvalue weighted by Crippen LogP contribution is 2.35. The lowest BCUT2D eigenvalue weighted by Crippen LogP contribution is -2.27. The Kier molecular flexibility index (Phi) is 7.52. The van der Waals surface area contributed by atoms with Gasteiger partial charge in [-0.3, -0.25) is 9.31 Å². The van der Waals surface area contributed by atoms with Crippen LogP contribution in [0.1, 0.15) is 57.7 Å². The Labute approximate surface area is 204 Å². The smallest absolute Gasteiger partial charge is 0.156 e. The normalized spacial score (nSPS) is 16.0. The van der Waals surface area contributed by atoms with E-state index in [2.05, 4.69) is 30.8 Å². The first-order chi connectivity index (χ1) is 16.2. The molecule has 0 radical (unpaired) electrons. The highest BCUT2D eigenvalue weighted by Gasteiger charge is 2.26. The number of anilines is 2. The van der Waals surface area contributed by atoms with Crippen molar-refractivity contribution in [2.75, 3.05) is 25.0 Å². The molecule has 1 saturated heterocycles. The average Bonchev–Trinajstić information content (AvgIpc) is 3.13. The van der Waals surface area contributed by atoms with E-state index in [-0.39, 0.29) is 0 Å². The number of H-pyrrole nitrogens is 1. The highest BCUT2D eigenvalue weighted by atomic mass is 32.2. The molecule has 0 bridgehead atoms. The molecule has 8 nitrogen and oxygen atoms in total. The number of nitrogens with zero attached hydrogens (tertiary/aromatic N) is 3. The van der Waals surface area contributed by atoms with E-state index in [1.807, 2.05) is 46.8 Å². The highest BCUT2D eigenvalue weighted by molar-refractivity contribution is 7.86. The molecule has 0 amide bonds. The molecule has 1 atom stereocenters. The monoisotopic (exact) mass is 484 g/mol. The Hall–Kier alpha value is -2.52. The predicted molar refractivity (Wildman–Crippen MR) is 137 cm³/mol. The van der Waals surface area contributed by atoms with Gasteiger partial charge in [0.2, 0.25) is 0 Å². The molecular weight excluding hydrogens is 448 g/mol. The largest absolute Gasteiger partial charge is 0.492 e. The van der Waals surface area contributed by atoms with Crippen LogP contribution < -0.4 is 15.4 Å². The van der Waals surface area contributed by atoms with Gasteiger partial charge in [0.05, 0.1) is 27.8 Å². The van der Waals surface area contributed by atoms with Crippen molar-refractivity contribution in [3.8, 4) is 5.75 Å². The number of aryl methyl sites for hydroxylation is 1. The second kappa shape index (κ2) is 10.4. The van der Waals surface area contributed by atoms with Crippen molar-refractivity contribution in [1.29, 1.82) is 0 Å². The van der Waals surface area contributed by atoms with E-state index in [9.17, 15) is 4.21 Å². The number of fused-ring (bicyclic) bond motifs is 1. The van der Waals surface area contributed by atoms with Gasteiger partial charge < -0.3 is 15.4 Å². The Morgan fingerprint density at radius 3 is 2.59 bits per heavy atom. The van der Waals surface area contributed by atoms with Crippen LogP contribution in [0.3, 0.4) is 0 Å². The van der Waals surface area contributed by atoms with E-state index in [1.54, 1.807) is 0 Å². The first-order valence-corrected chi connectivity index (χ1v) is 13.2. The standard InChI is InChI=1S/C25H36N6O2S/c1-16-17(2)30-31-23(16)29-24-19-13-22(34(32)25(3,4)5)21(14-20(19)27-15-28-24)33-12-6-7-18-8-10-26-11-9-18/h13-15,18,26H,6-12H2,1-5H3,(H2,27,28,29,30,31). The van der Waals surface area contributed by atoms with Crippen molar-refractivity contribution in [2.24, 2.45) is 5.92 Å². The van der Waals surface area contributed by atoms with E-state index >= 15 is 0 Å². The first kappa shape index (κ1) is 24.6. The Morgan fingerprint density at radius 2 is 1.91 bits per heavy atom. The van der Waals surface area contributed by atoms with Gasteiger partial charge >= 0.3 is 0 Å². The molecule has 0 aliphatic carbocycles. The number of nitrogens with one attached hydrogen (secondary N) is 3. The second-order valence-electron chi connectivity index (χ2n) is 10.1. The van der Waals surface area contributed by atoms with Crippen molar-refractivity contribution in [3.63, 3.8) is 0 Å². The summed E-state index contributed by atoms with van der Waals surface area (Å²) in [6.07, 6.45) is 6.14. The molecule has 0 spiro atoms. The van der Waals surface area contributed by atoms with Gasteiger partial charge in [-0.1, -0.05) is 0 Å². The van der Waals surface area contributed by atoms with Crippen LogP contribution in [0.4, 0.5) is 11.6 Å². The number of hydrogen-bond donors (Lipinski definition) is 3. The average molecular weight is 485 g/mol. The minimum Gasteiger partial charge on any atom is -0.492 e. The van der Waals surface area contributed by atoms with E-state index in [4.69, 9.17) is 4.74 Å². The molecule has 1 aliphatic heterocycles. The quantitative estimate of drug-likeness (QED) is 0.395. The van der Waals surface area contributed by atoms with Crippen molar-refractivity contribution in [1.82, 2.24) is 25.5 Å². The summed E-state index contributed by atoms with van der Waals surface area (Å²) >= 11 is 0. The Bertz CT molecular complexity index is 1160. The summed E-state index contributed by atoms with van der Waals surface area (Å²) in [5, 5.41) is 14.8. The minimum absolute atomic E-state index is 0.431. The van der Waals surface area contributed by atoms with Crippen LogP contribution in [0.5, 0.6) is 5.75 Å². The summed E-state index contributed by atoms with van der Waals surface area (Å²) < 4.78 is 19.3. The predicted octanol–water partition coefficient (Wildman–Crippen LogP) is 4.78. The Balaban J connectivity index is 1.61. The molecule has 0 saturated carbocycles. The minimum atomic E-state index is -1.27. The van der Waals surface area contributed by atoms with E-state index in [1.165, 1.54) is 19.2 Å². The van der Waals surface area contributed by atoms with Gasteiger partial charge in [0.1, 0.15) is 17.9 Å². The zero-order chi connectivity index (χ0) is 24.3. The first-order valence-electron chi connectivity index (χ1n) is 12.1. The van der Waals surface area contributed by atoms with Gasteiger partial charge in [0, 0.05) is 27.5 Å². The van der Waals surface area contributed by atoms with Gasteiger partial charge in [0.15, 0.2) is 5.82 Å². The van der Waals surface area contributed by atoms with Crippen LogP contribution in [0.15, 0.2) is 23.4 Å². The van der Waals surface area contributed by atoms with Crippen molar-refractivity contribution in [2.45, 2.75) is 69.9 Å². The van der Waals surface area contributed by atoms with Gasteiger partial charge in [-0.05, 0) is 85.4 Å². The third-order valence-corrected chi connectivity index (χ3v) is 8.25. The number of benzene rings is 1. The number of aromatic nitrogens is 4. The topological polar surface area (TPSA) is 105 Å². The molecule has 184 valence electrons. The molecular formula is C25H36N6O2S. The van der Waals surface area contributed by atoms with Crippen LogP contribution in [0.2, 0.25) is 0 Å². The molecule has 4 rings (SSSR count). The fourth-order valence-electron chi connectivity index (χ4n) is 4.19.